The van der Waals surface area contributed by atoms with Crippen molar-refractivity contribution in [2.75, 3.05) is 19.6 Å². The number of hydrogen-bond donors (Lipinski definition) is 1. The van der Waals surface area contributed by atoms with Gasteiger partial charge in [0.2, 0.25) is 5.84 Å². The fraction of sp³-hybridized carbons (Fsp3) is 0.457. The molecular formula is C35H39F3N5O+. The lowest BCUT2D eigenvalue weighted by molar-refractivity contribution is -0.764. The fourth-order valence-electron chi connectivity index (χ4n) is 8.56. The highest BCUT2D eigenvalue weighted by Gasteiger charge is 2.48. The molecule has 1 N–H and O–H groups in total. The van der Waals surface area contributed by atoms with Crippen LogP contribution in [0.3, 0.4) is 0 Å². The van der Waals surface area contributed by atoms with E-state index in [-0.39, 0.29) is 11.0 Å². The molecule has 3 aromatic rings. The van der Waals surface area contributed by atoms with Crippen LogP contribution in [0, 0.1) is 0 Å². The molecule has 0 saturated carbocycles. The van der Waals surface area contributed by atoms with Crippen LogP contribution < -0.4 is 4.90 Å². The maximum atomic E-state index is 13.7. The largest absolute Gasteiger partial charge is 0.417 e. The number of pyridine rings is 1. The number of amides is 1. The van der Waals surface area contributed by atoms with Gasteiger partial charge in [-0.2, -0.15) is 18.2 Å². The molecule has 2 bridgehead atoms. The minimum Gasteiger partial charge on any atom is -0.339 e. The number of alkyl halides is 3. The summed E-state index contributed by atoms with van der Waals surface area (Å²) in [6, 6.07) is 21.5. The maximum absolute atomic E-state index is 13.7. The van der Waals surface area contributed by atoms with E-state index in [0.29, 0.717) is 31.2 Å². The van der Waals surface area contributed by atoms with E-state index < -0.39 is 17.6 Å². The monoisotopic (exact) mass is 602 g/mol. The highest BCUT2D eigenvalue weighted by Crippen LogP contribution is 2.43. The van der Waals surface area contributed by atoms with E-state index in [1.54, 1.807) is 4.90 Å². The predicted octanol–water partition coefficient (Wildman–Crippen LogP) is 5.94. The summed E-state index contributed by atoms with van der Waals surface area (Å²) in [5.74, 6) is 0.582. The van der Waals surface area contributed by atoms with Crippen LogP contribution in [0.2, 0.25) is 0 Å². The van der Waals surface area contributed by atoms with E-state index in [2.05, 4.69) is 65.3 Å². The molecule has 3 unspecified atom stereocenters. The highest BCUT2D eigenvalue weighted by molar-refractivity contribution is 5.95. The van der Waals surface area contributed by atoms with Crippen LogP contribution in [0.25, 0.3) is 0 Å². The van der Waals surface area contributed by atoms with Crippen molar-refractivity contribution in [2.24, 2.45) is 4.99 Å². The van der Waals surface area contributed by atoms with Gasteiger partial charge in [0.25, 0.3) is 5.91 Å². The van der Waals surface area contributed by atoms with Gasteiger partial charge in [0.1, 0.15) is 11.7 Å². The molecule has 5 heterocycles. The van der Waals surface area contributed by atoms with Crippen molar-refractivity contribution in [3.63, 3.8) is 0 Å². The van der Waals surface area contributed by atoms with Crippen LogP contribution in [-0.2, 0) is 11.6 Å². The van der Waals surface area contributed by atoms with Crippen molar-refractivity contribution >= 4 is 23.1 Å². The van der Waals surface area contributed by atoms with Crippen molar-refractivity contribution in [2.45, 2.75) is 81.6 Å². The first kappa shape index (κ1) is 29.2. The number of rotatable bonds is 6. The average Bonchev–Trinajstić information content (AvgIpc) is 3.50. The molecule has 0 radical (unpaired) electrons. The number of carbonyl (C=O) groups excluding carboxylic acids is 1. The number of amidine groups is 1. The summed E-state index contributed by atoms with van der Waals surface area (Å²) in [6.07, 6.45) is 4.71. The van der Waals surface area contributed by atoms with Gasteiger partial charge in [-0.3, -0.25) is 19.6 Å². The maximum Gasteiger partial charge on any atom is 0.417 e. The molecule has 7 rings (SSSR count). The molecule has 0 aliphatic carbocycles. The SMILES string of the molecule is CC1=Nc2ccccc2[NH+]1C1CC2CC[C@H](C1)N2CCC1(c2ccccc2)CCN(C(=O)c2cnccc2C(F)(F)F)CC1. The minimum absolute atomic E-state index is 0.126. The van der Waals surface area contributed by atoms with Gasteiger partial charge in [-0.1, -0.05) is 42.5 Å². The number of fused-ring (bicyclic) bond motifs is 3. The van der Waals surface area contributed by atoms with Crippen molar-refractivity contribution in [1.82, 2.24) is 14.8 Å². The van der Waals surface area contributed by atoms with Crippen molar-refractivity contribution in [1.29, 1.82) is 0 Å². The third-order valence-electron chi connectivity index (χ3n) is 10.8. The van der Waals surface area contributed by atoms with E-state index in [1.165, 1.54) is 34.8 Å². The van der Waals surface area contributed by atoms with Gasteiger partial charge in [0.15, 0.2) is 5.69 Å². The highest BCUT2D eigenvalue weighted by atomic mass is 19.4. The first-order chi connectivity index (χ1) is 21.2. The van der Waals surface area contributed by atoms with E-state index >= 15 is 0 Å². The summed E-state index contributed by atoms with van der Waals surface area (Å²) >= 11 is 0. The lowest BCUT2D eigenvalue weighted by Gasteiger charge is -2.45. The van der Waals surface area contributed by atoms with Crippen LogP contribution >= 0.6 is 0 Å². The molecule has 4 aliphatic heterocycles. The summed E-state index contributed by atoms with van der Waals surface area (Å²) in [5, 5.41) is 0. The zero-order valence-electron chi connectivity index (χ0n) is 25.1. The Bertz CT molecular complexity index is 1540. The number of carbonyl (C=O) groups is 1. The molecule has 4 aliphatic rings. The minimum atomic E-state index is -4.60. The third-order valence-corrected chi connectivity index (χ3v) is 10.8. The first-order valence-electron chi connectivity index (χ1n) is 15.9. The molecule has 230 valence electrons. The first-order valence-corrected chi connectivity index (χ1v) is 15.9. The summed E-state index contributed by atoms with van der Waals surface area (Å²) in [6.45, 7) is 3.99. The van der Waals surface area contributed by atoms with Crippen molar-refractivity contribution in [3.05, 3.63) is 89.7 Å². The molecular weight excluding hydrogens is 563 g/mol. The van der Waals surface area contributed by atoms with Gasteiger partial charge in [-0.25, -0.2) is 0 Å². The van der Waals surface area contributed by atoms with E-state index in [0.717, 1.165) is 62.8 Å². The van der Waals surface area contributed by atoms with Gasteiger partial charge in [0.05, 0.1) is 11.1 Å². The summed E-state index contributed by atoms with van der Waals surface area (Å²) < 4.78 is 41.0. The second-order valence-electron chi connectivity index (χ2n) is 13.0. The summed E-state index contributed by atoms with van der Waals surface area (Å²) in [5.41, 5.74) is 2.25. The number of halogens is 3. The fourth-order valence-corrected chi connectivity index (χ4v) is 8.56. The standard InChI is InChI=1S/C35H38F3N5O/c1-24-40-31-9-5-6-10-32(31)43(24)28-21-26-11-12-27(22-28)42(26)20-16-34(25-7-3-2-4-8-25)14-18-41(19-15-34)33(44)29-23-39-17-13-30(29)35(36,37)38/h2-10,13,17,23,26-28H,11-12,14-16,18-22H2,1H3/p+1/t26-,27?,28?/m1/s1. The number of hydrogen-bond acceptors (Lipinski definition) is 4. The van der Waals surface area contributed by atoms with Crippen LogP contribution in [0.5, 0.6) is 0 Å². The van der Waals surface area contributed by atoms with Gasteiger partial charge in [0, 0.05) is 63.4 Å². The molecule has 1 aromatic heterocycles. The Morgan fingerprint density at radius 1 is 0.977 bits per heavy atom. The smallest absolute Gasteiger partial charge is 0.339 e. The lowest BCUT2D eigenvalue weighted by Crippen LogP contribution is -3.13. The van der Waals surface area contributed by atoms with Crippen molar-refractivity contribution < 1.29 is 22.9 Å². The van der Waals surface area contributed by atoms with E-state index in [1.807, 2.05) is 6.07 Å². The Labute approximate surface area is 256 Å². The number of aliphatic imine (C=N–C) groups is 1. The zero-order chi connectivity index (χ0) is 30.5. The Morgan fingerprint density at radius 2 is 1.66 bits per heavy atom. The Balaban J connectivity index is 1.05. The average molecular weight is 603 g/mol. The number of likely N-dealkylation sites (tertiary alicyclic amines) is 1. The van der Waals surface area contributed by atoms with Crippen LogP contribution in [0.15, 0.2) is 78.0 Å². The quantitative estimate of drug-likeness (QED) is 0.380. The molecule has 44 heavy (non-hydrogen) atoms. The Hall–Kier alpha value is -3.56. The van der Waals surface area contributed by atoms with Gasteiger partial charge in [-0.05, 0) is 61.8 Å². The normalized spacial score (nSPS) is 26.4. The Kier molecular flexibility index (Phi) is 7.57. The van der Waals surface area contributed by atoms with Crippen LogP contribution in [0.1, 0.15) is 73.4 Å². The van der Waals surface area contributed by atoms with Gasteiger partial charge < -0.3 is 4.90 Å². The zero-order valence-corrected chi connectivity index (χ0v) is 25.1. The van der Waals surface area contributed by atoms with Gasteiger partial charge in [-0.15, -0.1) is 0 Å². The molecule has 9 heteroatoms. The predicted molar refractivity (Wildman–Crippen MR) is 163 cm³/mol. The second kappa shape index (κ2) is 11.4. The number of benzene rings is 2. The number of nitrogens with zero attached hydrogens (tertiary/aromatic N) is 4. The molecule has 6 nitrogen and oxygen atoms in total. The van der Waals surface area contributed by atoms with Gasteiger partial charge >= 0.3 is 6.18 Å². The van der Waals surface area contributed by atoms with E-state index in [4.69, 9.17) is 4.99 Å². The summed E-state index contributed by atoms with van der Waals surface area (Å²) in [4.78, 5) is 27.8. The molecule has 3 fully saturated rings. The second-order valence-corrected chi connectivity index (χ2v) is 13.0. The molecule has 0 spiro atoms. The molecule has 2 aromatic carbocycles. The number of quaternary nitrogens is 1. The lowest BCUT2D eigenvalue weighted by atomic mass is 9.70. The third kappa shape index (κ3) is 5.24. The van der Waals surface area contributed by atoms with Crippen molar-refractivity contribution in [3.8, 4) is 0 Å². The number of nitrogens with one attached hydrogen (secondary N) is 1. The molecule has 3 saturated heterocycles. The van der Waals surface area contributed by atoms with Crippen LogP contribution in [0.4, 0.5) is 24.5 Å². The van der Waals surface area contributed by atoms with Crippen LogP contribution in [-0.4, -0.2) is 64.3 Å². The summed E-state index contributed by atoms with van der Waals surface area (Å²) in [7, 11) is 0. The Morgan fingerprint density at radius 3 is 2.36 bits per heavy atom. The number of aromatic nitrogens is 1. The topological polar surface area (TPSA) is 53.2 Å². The number of piperidine rings is 2. The van der Waals surface area contributed by atoms with E-state index in [9.17, 15) is 18.0 Å². The molecule has 4 atom stereocenters. The molecule has 1 amide bonds. The number of para-hydroxylation sites is 2.